The Morgan fingerprint density at radius 1 is 0.625 bits per heavy atom. The molecule has 170 valence electrons. The number of hydrogen-bond donors (Lipinski definition) is 6. The van der Waals surface area contributed by atoms with Gasteiger partial charge in [0.1, 0.15) is 35.9 Å². The lowest BCUT2D eigenvalue weighted by atomic mass is 9.98. The number of fused-ring (bicyclic) bond motifs is 2. The predicted molar refractivity (Wildman–Crippen MR) is 110 cm³/mol. The molecule has 0 saturated heterocycles. The van der Waals surface area contributed by atoms with Gasteiger partial charge in [0.05, 0.1) is 0 Å². The minimum atomic E-state index is -2.01. The Morgan fingerprint density at radius 3 is 1.41 bits per heavy atom. The Balaban J connectivity index is 1.43. The summed E-state index contributed by atoms with van der Waals surface area (Å²) < 4.78 is 20.8. The minimum Gasteiger partial charge on any atom is -0.509 e. The van der Waals surface area contributed by atoms with E-state index >= 15 is 0 Å². The van der Waals surface area contributed by atoms with Crippen LogP contribution in [0.2, 0.25) is 0 Å². The van der Waals surface area contributed by atoms with Crippen molar-refractivity contribution in [3.05, 3.63) is 59.0 Å². The van der Waals surface area contributed by atoms with Crippen LogP contribution in [0.1, 0.15) is 11.1 Å². The van der Waals surface area contributed by atoms with Gasteiger partial charge in [-0.25, -0.2) is 0 Å². The number of ether oxygens (including phenoxy) is 4. The van der Waals surface area contributed by atoms with E-state index in [0.29, 0.717) is 34.1 Å². The molecule has 0 spiro atoms. The molecule has 0 amide bonds. The third kappa shape index (κ3) is 4.43. The van der Waals surface area contributed by atoms with Crippen LogP contribution < -0.4 is 18.9 Å². The third-order valence-corrected chi connectivity index (χ3v) is 5.03. The number of benzene rings is 2. The SMILES string of the molecule is OC(=Cc1ccc2c(c1)OCO2)[C@@H](O)[C@@H](O)[C@H](O)[C@@H](O)C(O)=Cc1ccc2c(c1)OCO2. The fourth-order valence-corrected chi connectivity index (χ4v) is 3.24. The first kappa shape index (κ1) is 21.8. The molecule has 0 unspecified atom stereocenters. The maximum atomic E-state index is 10.2. The molecule has 4 atom stereocenters. The third-order valence-electron chi connectivity index (χ3n) is 5.03. The van der Waals surface area contributed by atoms with Gasteiger partial charge in [-0.3, -0.25) is 0 Å². The Labute approximate surface area is 182 Å². The van der Waals surface area contributed by atoms with E-state index in [9.17, 15) is 30.6 Å². The molecule has 10 heteroatoms. The topological polar surface area (TPSA) is 158 Å². The van der Waals surface area contributed by atoms with Crippen LogP contribution >= 0.6 is 0 Å². The van der Waals surface area contributed by atoms with Gasteiger partial charge in [-0.05, 0) is 47.5 Å². The molecular formula is C22H22O10. The Morgan fingerprint density at radius 2 is 1.00 bits per heavy atom. The molecular weight excluding hydrogens is 424 g/mol. The smallest absolute Gasteiger partial charge is 0.231 e. The van der Waals surface area contributed by atoms with Crippen LogP contribution in [0.25, 0.3) is 12.2 Å². The summed E-state index contributed by atoms with van der Waals surface area (Å²) in [6.45, 7) is 0.145. The molecule has 2 aromatic carbocycles. The van der Waals surface area contributed by atoms with Crippen LogP contribution in [0, 0.1) is 0 Å². The molecule has 0 aliphatic carbocycles. The first-order chi connectivity index (χ1) is 15.3. The quantitative estimate of drug-likeness (QED) is 0.340. The summed E-state index contributed by atoms with van der Waals surface area (Å²) >= 11 is 0. The normalized spacial score (nSPS) is 18.9. The maximum Gasteiger partial charge on any atom is 0.231 e. The molecule has 4 rings (SSSR count). The van der Waals surface area contributed by atoms with Crippen molar-refractivity contribution in [2.75, 3.05) is 13.6 Å². The number of hydrogen-bond acceptors (Lipinski definition) is 10. The van der Waals surface area contributed by atoms with E-state index in [1.165, 1.54) is 0 Å². The van der Waals surface area contributed by atoms with E-state index in [2.05, 4.69) is 0 Å². The Kier molecular flexibility index (Phi) is 6.10. The van der Waals surface area contributed by atoms with Crippen molar-refractivity contribution in [2.24, 2.45) is 0 Å². The second-order valence-electron chi connectivity index (χ2n) is 7.23. The van der Waals surface area contributed by atoms with Gasteiger partial charge in [0.2, 0.25) is 13.6 Å². The van der Waals surface area contributed by atoms with Crippen molar-refractivity contribution in [3.8, 4) is 23.0 Å². The average Bonchev–Trinajstić information content (AvgIpc) is 3.45. The largest absolute Gasteiger partial charge is 0.509 e. The standard InChI is InChI=1S/C22H22O10/c23-13(5-11-1-3-15-17(7-11)31-9-29-15)19(25)21(27)22(28)20(26)14(24)6-12-2-4-16-18(8-12)32-10-30-16/h1-8,19-28H,9-10H2/t19-,20+,21-,22-/m1/s1. The molecule has 0 fully saturated rings. The summed E-state index contributed by atoms with van der Waals surface area (Å²) in [7, 11) is 0. The van der Waals surface area contributed by atoms with Gasteiger partial charge < -0.3 is 49.6 Å². The summed E-state index contributed by atoms with van der Waals surface area (Å²) in [5, 5.41) is 61.2. The van der Waals surface area contributed by atoms with Gasteiger partial charge in [-0.1, -0.05) is 12.1 Å². The second kappa shape index (κ2) is 8.97. The van der Waals surface area contributed by atoms with Crippen molar-refractivity contribution >= 4 is 12.2 Å². The second-order valence-corrected chi connectivity index (χ2v) is 7.23. The summed E-state index contributed by atoms with van der Waals surface area (Å²) in [5.41, 5.74) is 0.886. The maximum absolute atomic E-state index is 10.2. The molecule has 0 aromatic heterocycles. The average molecular weight is 446 g/mol. The lowest BCUT2D eigenvalue weighted by Gasteiger charge is -2.26. The van der Waals surface area contributed by atoms with E-state index in [4.69, 9.17) is 18.9 Å². The molecule has 10 nitrogen and oxygen atoms in total. The fourth-order valence-electron chi connectivity index (χ4n) is 3.24. The molecule has 32 heavy (non-hydrogen) atoms. The molecule has 0 bridgehead atoms. The van der Waals surface area contributed by atoms with Crippen molar-refractivity contribution < 1.29 is 49.6 Å². The van der Waals surface area contributed by atoms with E-state index in [-0.39, 0.29) is 13.6 Å². The highest BCUT2D eigenvalue weighted by molar-refractivity contribution is 5.59. The monoisotopic (exact) mass is 446 g/mol. The number of aliphatic hydroxyl groups is 6. The van der Waals surface area contributed by atoms with E-state index in [1.807, 2.05) is 0 Å². The first-order valence-corrected chi connectivity index (χ1v) is 9.66. The van der Waals surface area contributed by atoms with Gasteiger partial charge >= 0.3 is 0 Å². The zero-order valence-electron chi connectivity index (χ0n) is 16.7. The van der Waals surface area contributed by atoms with Gasteiger partial charge in [-0.15, -0.1) is 0 Å². The molecule has 2 aliphatic heterocycles. The highest BCUT2D eigenvalue weighted by Crippen LogP contribution is 2.34. The van der Waals surface area contributed by atoms with E-state index in [0.717, 1.165) is 12.2 Å². The Hall–Kier alpha value is -3.44. The summed E-state index contributed by atoms with van der Waals surface area (Å²) in [5.74, 6) is 0.644. The molecule has 0 saturated carbocycles. The zero-order chi connectivity index (χ0) is 22.8. The molecule has 6 N–H and O–H groups in total. The van der Waals surface area contributed by atoms with Crippen molar-refractivity contribution in [2.45, 2.75) is 24.4 Å². The van der Waals surface area contributed by atoms with Crippen LogP contribution in [0.5, 0.6) is 23.0 Å². The van der Waals surface area contributed by atoms with Crippen LogP contribution in [0.4, 0.5) is 0 Å². The van der Waals surface area contributed by atoms with Crippen LogP contribution in [-0.4, -0.2) is 68.6 Å². The summed E-state index contributed by atoms with van der Waals surface area (Å²) in [6.07, 6.45) is -5.58. The highest BCUT2D eigenvalue weighted by atomic mass is 16.7. The van der Waals surface area contributed by atoms with E-state index < -0.39 is 35.9 Å². The summed E-state index contributed by atoms with van der Waals surface area (Å²) in [4.78, 5) is 0. The highest BCUT2D eigenvalue weighted by Gasteiger charge is 2.34. The summed E-state index contributed by atoms with van der Waals surface area (Å²) in [6, 6.07) is 9.53. The van der Waals surface area contributed by atoms with Crippen molar-refractivity contribution in [1.29, 1.82) is 0 Å². The fraction of sp³-hybridized carbons (Fsp3) is 0.273. The molecule has 0 radical (unpaired) electrons. The van der Waals surface area contributed by atoms with Gasteiger partial charge in [0.15, 0.2) is 23.0 Å². The Bertz CT molecular complexity index is 964. The van der Waals surface area contributed by atoms with Gasteiger partial charge in [0, 0.05) is 0 Å². The van der Waals surface area contributed by atoms with Crippen molar-refractivity contribution in [3.63, 3.8) is 0 Å². The predicted octanol–water partition coefficient (Wildman–Crippen LogP) is 1.09. The van der Waals surface area contributed by atoms with Gasteiger partial charge in [-0.2, -0.15) is 0 Å². The van der Waals surface area contributed by atoms with Crippen LogP contribution in [-0.2, 0) is 0 Å². The zero-order valence-corrected chi connectivity index (χ0v) is 16.7. The molecule has 2 aliphatic rings. The first-order valence-electron chi connectivity index (χ1n) is 9.66. The lowest BCUT2D eigenvalue weighted by Crippen LogP contribution is -2.45. The van der Waals surface area contributed by atoms with Crippen LogP contribution in [0.15, 0.2) is 47.9 Å². The molecule has 2 heterocycles. The van der Waals surface area contributed by atoms with Crippen molar-refractivity contribution in [1.82, 2.24) is 0 Å². The minimum absolute atomic E-state index is 0.0726. The lowest BCUT2D eigenvalue weighted by molar-refractivity contribution is -0.0996. The van der Waals surface area contributed by atoms with E-state index in [1.54, 1.807) is 36.4 Å². The number of aliphatic hydroxyl groups excluding tert-OH is 6. The number of rotatable bonds is 7. The van der Waals surface area contributed by atoms with Gasteiger partial charge in [0.25, 0.3) is 0 Å². The van der Waals surface area contributed by atoms with Crippen LogP contribution in [0.3, 0.4) is 0 Å². The molecule has 2 aromatic rings.